The van der Waals surface area contributed by atoms with Crippen LogP contribution in [0.4, 0.5) is 5.69 Å². The first-order chi connectivity index (χ1) is 14.6. The van der Waals surface area contributed by atoms with Crippen molar-refractivity contribution < 1.29 is 23.9 Å². The van der Waals surface area contributed by atoms with Crippen LogP contribution in [0.25, 0.3) is 0 Å². The van der Waals surface area contributed by atoms with Crippen LogP contribution in [0.2, 0.25) is 0 Å². The Kier molecular flexibility index (Phi) is 6.31. The van der Waals surface area contributed by atoms with Gasteiger partial charge in [-0.15, -0.1) is 0 Å². The molecule has 0 unspecified atom stereocenters. The molecule has 0 aliphatic carbocycles. The van der Waals surface area contributed by atoms with Crippen molar-refractivity contribution in [2.45, 2.75) is 19.4 Å². The molecule has 0 bridgehead atoms. The number of rotatable bonds is 5. The number of ether oxygens (including phenoxy) is 2. The minimum atomic E-state index is -0.339. The Bertz CT molecular complexity index is 800. The van der Waals surface area contributed by atoms with E-state index in [0.717, 1.165) is 37.4 Å². The van der Waals surface area contributed by atoms with E-state index in [2.05, 4.69) is 15.9 Å². The first kappa shape index (κ1) is 20.8. The summed E-state index contributed by atoms with van der Waals surface area (Å²) >= 11 is 0. The number of amides is 2. The summed E-state index contributed by atoms with van der Waals surface area (Å²) in [5.41, 5.74) is 2.49. The normalized spacial score (nSPS) is 21.4. The van der Waals surface area contributed by atoms with Crippen LogP contribution in [0.3, 0.4) is 0 Å². The maximum Gasteiger partial charge on any atom is 0.339 e. The van der Waals surface area contributed by atoms with Gasteiger partial charge in [0.15, 0.2) is 0 Å². The van der Waals surface area contributed by atoms with E-state index in [1.165, 1.54) is 12.1 Å². The number of hydrogen-bond acceptors (Lipinski definition) is 8. The lowest BCUT2D eigenvalue weighted by atomic mass is 10.1. The lowest BCUT2D eigenvalue weighted by molar-refractivity contribution is -0.160. The van der Waals surface area contributed by atoms with Crippen molar-refractivity contribution in [1.29, 1.82) is 0 Å². The van der Waals surface area contributed by atoms with E-state index in [9.17, 15) is 14.4 Å². The molecule has 0 saturated carbocycles. The van der Waals surface area contributed by atoms with Crippen LogP contribution in [0, 0.1) is 0 Å². The highest BCUT2D eigenvalue weighted by Gasteiger charge is 2.35. The Hall–Kier alpha value is -2.49. The Morgan fingerprint density at radius 3 is 2.30 bits per heavy atom. The van der Waals surface area contributed by atoms with E-state index in [4.69, 9.17) is 9.47 Å². The van der Waals surface area contributed by atoms with Gasteiger partial charge in [0.05, 0.1) is 31.6 Å². The Balaban J connectivity index is 1.41. The first-order valence-corrected chi connectivity index (χ1v) is 10.4. The quantitative estimate of drug-likeness (QED) is 0.507. The van der Waals surface area contributed by atoms with Gasteiger partial charge in [-0.3, -0.25) is 14.5 Å². The smallest absolute Gasteiger partial charge is 0.339 e. The second-order valence-electron chi connectivity index (χ2n) is 7.77. The molecule has 30 heavy (non-hydrogen) atoms. The number of benzene rings is 1. The molecule has 1 aromatic rings. The van der Waals surface area contributed by atoms with E-state index >= 15 is 0 Å². The summed E-state index contributed by atoms with van der Waals surface area (Å²) in [6.07, 6.45) is 0.621. The Morgan fingerprint density at radius 1 is 1.00 bits per heavy atom. The molecule has 0 N–H and O–H groups in total. The van der Waals surface area contributed by atoms with Crippen molar-refractivity contribution in [2.24, 2.45) is 0 Å². The topological polar surface area (TPSA) is 82.6 Å². The SMILES string of the molecule is COC(=O)c1cc(CN2CCN(N3C(=O)CCC3=O)CC2)ccc1N1CCOCC1. The van der Waals surface area contributed by atoms with Gasteiger partial charge in [-0.25, -0.2) is 14.8 Å². The highest BCUT2D eigenvalue weighted by molar-refractivity contribution is 6.01. The van der Waals surface area contributed by atoms with Crippen molar-refractivity contribution in [2.75, 3.05) is 64.5 Å². The van der Waals surface area contributed by atoms with Gasteiger partial charge in [0.25, 0.3) is 0 Å². The molecule has 3 heterocycles. The fourth-order valence-corrected chi connectivity index (χ4v) is 4.27. The van der Waals surface area contributed by atoms with Crippen LogP contribution >= 0.6 is 0 Å². The van der Waals surface area contributed by atoms with Crippen LogP contribution in [0.5, 0.6) is 0 Å². The second kappa shape index (κ2) is 9.11. The molecule has 3 aliphatic rings. The van der Waals surface area contributed by atoms with Gasteiger partial charge in [0.2, 0.25) is 11.8 Å². The van der Waals surface area contributed by atoms with Crippen molar-refractivity contribution in [3.63, 3.8) is 0 Å². The van der Waals surface area contributed by atoms with Crippen molar-refractivity contribution in [1.82, 2.24) is 14.9 Å². The van der Waals surface area contributed by atoms with Crippen molar-refractivity contribution in [3.05, 3.63) is 29.3 Å². The van der Waals surface area contributed by atoms with Gasteiger partial charge in [-0.1, -0.05) is 6.07 Å². The van der Waals surface area contributed by atoms with E-state index in [1.54, 1.807) is 0 Å². The van der Waals surface area contributed by atoms with E-state index < -0.39 is 0 Å². The van der Waals surface area contributed by atoms with E-state index in [1.807, 2.05) is 17.1 Å². The number of carbonyl (C=O) groups excluding carboxylic acids is 3. The molecule has 3 aliphatic heterocycles. The molecule has 162 valence electrons. The molecular formula is C21H28N4O5. The number of methoxy groups -OCH3 is 1. The molecule has 0 aromatic heterocycles. The zero-order chi connectivity index (χ0) is 21.1. The maximum atomic E-state index is 12.4. The molecule has 0 radical (unpaired) electrons. The zero-order valence-corrected chi connectivity index (χ0v) is 17.3. The van der Waals surface area contributed by atoms with Gasteiger partial charge in [-0.05, 0) is 17.7 Å². The number of imide groups is 1. The minimum Gasteiger partial charge on any atom is -0.465 e. The highest BCUT2D eigenvalue weighted by atomic mass is 16.5. The maximum absolute atomic E-state index is 12.4. The molecule has 0 atom stereocenters. The average Bonchev–Trinajstić information content (AvgIpc) is 3.12. The third-order valence-corrected chi connectivity index (χ3v) is 5.88. The number of hydrogen-bond donors (Lipinski definition) is 0. The molecule has 3 saturated heterocycles. The largest absolute Gasteiger partial charge is 0.465 e. The summed E-state index contributed by atoms with van der Waals surface area (Å²) in [6, 6.07) is 5.96. The standard InChI is InChI=1S/C21H28N4O5/c1-29-21(28)17-14-16(2-3-18(17)23-10-12-30-13-11-23)15-22-6-8-24(9-7-22)25-19(26)4-5-20(25)27/h2-3,14H,4-13,15H2,1H3. The van der Waals surface area contributed by atoms with Gasteiger partial charge in [-0.2, -0.15) is 0 Å². The fraction of sp³-hybridized carbons (Fsp3) is 0.571. The van der Waals surface area contributed by atoms with E-state index in [0.29, 0.717) is 51.3 Å². The van der Waals surface area contributed by atoms with Crippen molar-refractivity contribution >= 4 is 23.5 Å². The molecule has 0 spiro atoms. The summed E-state index contributed by atoms with van der Waals surface area (Å²) in [7, 11) is 1.40. The third-order valence-electron chi connectivity index (χ3n) is 5.88. The zero-order valence-electron chi connectivity index (χ0n) is 17.3. The molecule has 1 aromatic carbocycles. The van der Waals surface area contributed by atoms with Gasteiger partial charge >= 0.3 is 5.97 Å². The predicted octanol–water partition coefficient (Wildman–Crippen LogP) is 0.491. The number of morpholine rings is 1. The minimum absolute atomic E-state index is 0.102. The summed E-state index contributed by atoms with van der Waals surface area (Å²) < 4.78 is 10.4. The number of esters is 1. The van der Waals surface area contributed by atoms with Crippen LogP contribution < -0.4 is 4.90 Å². The lowest BCUT2D eigenvalue weighted by Crippen LogP contribution is -2.55. The summed E-state index contributed by atoms with van der Waals surface area (Å²) in [6.45, 7) is 6.25. The summed E-state index contributed by atoms with van der Waals surface area (Å²) in [5, 5.41) is 3.18. The molecular weight excluding hydrogens is 388 g/mol. The molecule has 4 rings (SSSR count). The Morgan fingerprint density at radius 2 is 1.67 bits per heavy atom. The summed E-state index contributed by atoms with van der Waals surface area (Å²) in [5.74, 6) is -0.543. The number of anilines is 1. The monoisotopic (exact) mass is 416 g/mol. The number of nitrogens with zero attached hydrogens (tertiary/aromatic N) is 4. The molecule has 3 fully saturated rings. The van der Waals surface area contributed by atoms with Gasteiger partial charge in [0.1, 0.15) is 0 Å². The predicted molar refractivity (Wildman–Crippen MR) is 109 cm³/mol. The third kappa shape index (κ3) is 4.33. The van der Waals surface area contributed by atoms with E-state index in [-0.39, 0.29) is 17.8 Å². The summed E-state index contributed by atoms with van der Waals surface area (Å²) in [4.78, 5) is 40.7. The van der Waals surface area contributed by atoms with Crippen molar-refractivity contribution in [3.8, 4) is 0 Å². The molecule has 9 heteroatoms. The molecule has 2 amide bonds. The van der Waals surface area contributed by atoms with Crippen LogP contribution in [0.15, 0.2) is 18.2 Å². The lowest BCUT2D eigenvalue weighted by Gasteiger charge is -2.38. The number of piperazine rings is 1. The van der Waals surface area contributed by atoms with Gasteiger partial charge < -0.3 is 14.4 Å². The number of carbonyl (C=O) groups is 3. The van der Waals surface area contributed by atoms with Crippen LogP contribution in [-0.2, 0) is 25.6 Å². The highest BCUT2D eigenvalue weighted by Crippen LogP contribution is 2.25. The van der Waals surface area contributed by atoms with Gasteiger partial charge in [0, 0.05) is 58.7 Å². The second-order valence-corrected chi connectivity index (χ2v) is 7.77. The fourth-order valence-electron chi connectivity index (χ4n) is 4.27. The Labute approximate surface area is 176 Å². The number of hydrazine groups is 1. The van der Waals surface area contributed by atoms with Crippen LogP contribution in [0.1, 0.15) is 28.8 Å². The first-order valence-electron chi connectivity index (χ1n) is 10.4. The van der Waals surface area contributed by atoms with Crippen LogP contribution in [-0.4, -0.2) is 92.3 Å². The molecule has 9 nitrogen and oxygen atoms in total. The average molecular weight is 416 g/mol.